The molecule has 2 atom stereocenters. The maximum atomic E-state index is 12.1. The van der Waals surface area contributed by atoms with E-state index in [-0.39, 0.29) is 37.3 Å². The van der Waals surface area contributed by atoms with Gasteiger partial charge in [-0.2, -0.15) is 5.10 Å². The number of aromatic nitrogens is 3. The summed E-state index contributed by atoms with van der Waals surface area (Å²) in [4.78, 5) is 17.9. The van der Waals surface area contributed by atoms with Gasteiger partial charge in [0, 0.05) is 26.7 Å². The average molecular weight is 340 g/mol. The van der Waals surface area contributed by atoms with E-state index in [0.717, 1.165) is 32.5 Å². The van der Waals surface area contributed by atoms with E-state index >= 15 is 0 Å². The molecule has 2 rings (SSSR count). The molecule has 2 N–H and O–H groups in total. The first-order valence-corrected chi connectivity index (χ1v) is 6.56. The van der Waals surface area contributed by atoms with Crippen molar-refractivity contribution in [3.8, 4) is 0 Å². The van der Waals surface area contributed by atoms with Crippen LogP contribution in [0, 0.1) is 5.92 Å². The molecule has 1 fully saturated rings. The van der Waals surface area contributed by atoms with Gasteiger partial charge >= 0.3 is 0 Å². The zero-order valence-electron chi connectivity index (χ0n) is 12.1. The number of piperidine rings is 1. The number of ether oxygens (including phenoxy) is 1. The Balaban J connectivity index is 0.00000200. The molecule has 7 nitrogen and oxygen atoms in total. The lowest BCUT2D eigenvalue weighted by molar-refractivity contribution is -0.135. The van der Waals surface area contributed by atoms with Gasteiger partial charge in [0.15, 0.2) is 0 Å². The number of carbonyl (C=O) groups excluding carboxylic acids is 1. The maximum Gasteiger partial charge on any atom is 0.241 e. The van der Waals surface area contributed by atoms with Crippen LogP contribution in [-0.4, -0.2) is 58.4 Å². The molecule has 0 saturated carbocycles. The van der Waals surface area contributed by atoms with Crippen molar-refractivity contribution in [1.82, 2.24) is 19.7 Å². The van der Waals surface area contributed by atoms with Crippen LogP contribution >= 0.6 is 24.8 Å². The van der Waals surface area contributed by atoms with Crippen LogP contribution in [0.1, 0.15) is 12.8 Å². The Morgan fingerprint density at radius 1 is 1.52 bits per heavy atom. The second kappa shape index (κ2) is 9.94. The summed E-state index contributed by atoms with van der Waals surface area (Å²) in [5, 5.41) is 4.10. The Labute approximate surface area is 137 Å². The van der Waals surface area contributed by atoms with E-state index in [0.29, 0.717) is 5.92 Å². The van der Waals surface area contributed by atoms with Crippen molar-refractivity contribution in [3.63, 3.8) is 0 Å². The first kappa shape index (κ1) is 20.1. The maximum absolute atomic E-state index is 12.1. The van der Waals surface area contributed by atoms with Gasteiger partial charge in [0.1, 0.15) is 18.7 Å². The molecule has 0 aromatic carbocycles. The molecule has 1 aromatic heterocycles. The molecule has 0 aliphatic carbocycles. The number of halogens is 2. The lowest BCUT2D eigenvalue weighted by Gasteiger charge is -2.34. The highest BCUT2D eigenvalue weighted by Gasteiger charge is 2.27. The van der Waals surface area contributed by atoms with E-state index in [4.69, 9.17) is 10.5 Å². The van der Waals surface area contributed by atoms with Crippen molar-refractivity contribution in [2.75, 3.05) is 26.8 Å². The second-order valence-corrected chi connectivity index (χ2v) is 4.97. The summed E-state index contributed by atoms with van der Waals surface area (Å²) in [6.45, 7) is 2.58. The highest BCUT2D eigenvalue weighted by Crippen LogP contribution is 2.18. The molecule has 0 radical (unpaired) electrons. The van der Waals surface area contributed by atoms with Gasteiger partial charge in [-0.15, -0.1) is 24.8 Å². The van der Waals surface area contributed by atoms with Crippen LogP contribution in [-0.2, 0) is 16.1 Å². The number of carbonyl (C=O) groups is 1. The van der Waals surface area contributed by atoms with Gasteiger partial charge in [0.05, 0.1) is 6.61 Å². The van der Waals surface area contributed by atoms with Crippen molar-refractivity contribution < 1.29 is 9.53 Å². The molecule has 21 heavy (non-hydrogen) atoms. The number of hydrogen-bond donors (Lipinski definition) is 1. The molecular weight excluding hydrogens is 317 g/mol. The van der Waals surface area contributed by atoms with Crippen molar-refractivity contribution in [1.29, 1.82) is 0 Å². The number of nitrogens with two attached hydrogens (primary N) is 1. The largest absolute Gasteiger partial charge is 0.383 e. The fourth-order valence-electron chi connectivity index (χ4n) is 2.49. The quantitative estimate of drug-likeness (QED) is 0.835. The number of methoxy groups -OCH3 is 1. The smallest absolute Gasteiger partial charge is 0.241 e. The molecule has 1 aliphatic rings. The summed E-state index contributed by atoms with van der Waals surface area (Å²) in [5.74, 6) is 0.388. The van der Waals surface area contributed by atoms with E-state index < -0.39 is 6.04 Å². The van der Waals surface area contributed by atoms with Crippen molar-refractivity contribution in [3.05, 3.63) is 12.7 Å². The number of likely N-dealkylation sites (tertiary alicyclic amines) is 1. The summed E-state index contributed by atoms with van der Waals surface area (Å²) in [5.41, 5.74) is 5.80. The average Bonchev–Trinajstić information content (AvgIpc) is 2.91. The number of nitrogens with zero attached hydrogens (tertiary/aromatic N) is 4. The molecular formula is C12H23Cl2N5O2. The van der Waals surface area contributed by atoms with Gasteiger partial charge < -0.3 is 15.4 Å². The summed E-state index contributed by atoms with van der Waals surface area (Å²) in [6.07, 6.45) is 5.34. The van der Waals surface area contributed by atoms with Crippen molar-refractivity contribution in [2.45, 2.75) is 25.4 Å². The third-order valence-electron chi connectivity index (χ3n) is 3.41. The van der Waals surface area contributed by atoms with E-state index in [9.17, 15) is 4.79 Å². The Bertz CT molecular complexity index is 404. The van der Waals surface area contributed by atoms with Crippen LogP contribution in [0.4, 0.5) is 0 Å². The lowest BCUT2D eigenvalue weighted by Crippen LogP contribution is -2.50. The van der Waals surface area contributed by atoms with Crippen LogP contribution < -0.4 is 5.73 Å². The Morgan fingerprint density at radius 3 is 2.90 bits per heavy atom. The summed E-state index contributed by atoms with van der Waals surface area (Å²) < 4.78 is 6.75. The monoisotopic (exact) mass is 339 g/mol. The molecule has 2 heterocycles. The highest BCUT2D eigenvalue weighted by molar-refractivity contribution is 5.85. The first-order chi connectivity index (χ1) is 9.20. The highest BCUT2D eigenvalue weighted by atomic mass is 35.5. The third-order valence-corrected chi connectivity index (χ3v) is 3.41. The predicted molar refractivity (Wildman–Crippen MR) is 83.7 cm³/mol. The molecule has 1 amide bonds. The lowest BCUT2D eigenvalue weighted by atomic mass is 9.97. The van der Waals surface area contributed by atoms with Crippen molar-refractivity contribution >= 4 is 30.7 Å². The number of rotatable bonds is 5. The van der Waals surface area contributed by atoms with Crippen LogP contribution in [0.5, 0.6) is 0 Å². The molecule has 1 aliphatic heterocycles. The SMILES string of the molecule is COCC(N)C(=O)N1CCCC(Cn2cncn2)C1.Cl.Cl. The number of amides is 1. The molecule has 1 saturated heterocycles. The van der Waals surface area contributed by atoms with Gasteiger partial charge in [0.2, 0.25) is 5.91 Å². The van der Waals surface area contributed by atoms with Crippen LogP contribution in [0.2, 0.25) is 0 Å². The zero-order valence-corrected chi connectivity index (χ0v) is 13.7. The van der Waals surface area contributed by atoms with E-state index in [1.165, 1.54) is 6.33 Å². The van der Waals surface area contributed by atoms with E-state index in [1.807, 2.05) is 9.58 Å². The van der Waals surface area contributed by atoms with Gasteiger partial charge in [-0.1, -0.05) is 0 Å². The van der Waals surface area contributed by atoms with Gasteiger partial charge in [-0.3, -0.25) is 9.48 Å². The Kier molecular flexibility index (Phi) is 9.52. The Hall–Kier alpha value is -0.890. The van der Waals surface area contributed by atoms with Gasteiger partial charge in [-0.05, 0) is 18.8 Å². The van der Waals surface area contributed by atoms with Crippen LogP contribution in [0.3, 0.4) is 0 Å². The second-order valence-electron chi connectivity index (χ2n) is 4.97. The van der Waals surface area contributed by atoms with Crippen LogP contribution in [0.25, 0.3) is 0 Å². The molecule has 9 heteroatoms. The molecule has 0 bridgehead atoms. The van der Waals surface area contributed by atoms with Gasteiger partial charge in [0.25, 0.3) is 0 Å². The topological polar surface area (TPSA) is 86.3 Å². The van der Waals surface area contributed by atoms with Gasteiger partial charge in [-0.25, -0.2) is 4.98 Å². The predicted octanol–water partition coefficient (Wildman–Crippen LogP) is 0.334. The normalized spacial score (nSPS) is 19.3. The van der Waals surface area contributed by atoms with Crippen molar-refractivity contribution in [2.24, 2.45) is 11.7 Å². The standard InChI is InChI=1S/C12H21N5O2.2ClH/c1-19-7-11(13)12(18)16-4-2-3-10(5-16)6-17-9-14-8-15-17;;/h8-11H,2-7,13H2,1H3;2*1H. The minimum absolute atomic E-state index is 0. The fraction of sp³-hybridized carbons (Fsp3) is 0.750. The summed E-state index contributed by atoms with van der Waals surface area (Å²) in [7, 11) is 1.55. The zero-order chi connectivity index (χ0) is 13.7. The number of hydrogen-bond acceptors (Lipinski definition) is 5. The van der Waals surface area contributed by atoms with E-state index in [2.05, 4.69) is 10.1 Å². The summed E-state index contributed by atoms with van der Waals surface area (Å²) >= 11 is 0. The molecule has 122 valence electrons. The minimum atomic E-state index is -0.560. The fourth-order valence-corrected chi connectivity index (χ4v) is 2.49. The Morgan fingerprint density at radius 2 is 2.29 bits per heavy atom. The molecule has 1 aromatic rings. The molecule has 2 unspecified atom stereocenters. The van der Waals surface area contributed by atoms with E-state index in [1.54, 1.807) is 13.4 Å². The first-order valence-electron chi connectivity index (χ1n) is 6.56. The van der Waals surface area contributed by atoms with Crippen LogP contribution in [0.15, 0.2) is 12.7 Å². The third kappa shape index (κ3) is 5.78. The minimum Gasteiger partial charge on any atom is -0.383 e. The molecule has 0 spiro atoms. The summed E-state index contributed by atoms with van der Waals surface area (Å²) in [6, 6.07) is -0.560.